The number of amides is 3. The maximum Gasteiger partial charge on any atom is 0.325 e. The average molecular weight is 383 g/mol. The van der Waals surface area contributed by atoms with E-state index in [1.165, 1.54) is 40.5 Å². The molecule has 4 nitrogen and oxygen atoms in total. The Morgan fingerprint density at radius 1 is 1.23 bits per heavy atom. The van der Waals surface area contributed by atoms with Gasteiger partial charge in [-0.25, -0.2) is 9.18 Å². The van der Waals surface area contributed by atoms with Crippen LogP contribution in [0.15, 0.2) is 40.2 Å². The van der Waals surface area contributed by atoms with Crippen LogP contribution in [0.1, 0.15) is 17.4 Å². The lowest BCUT2D eigenvalue weighted by atomic mass is 9.92. The van der Waals surface area contributed by atoms with Crippen molar-refractivity contribution in [1.29, 1.82) is 0 Å². The zero-order valence-corrected chi connectivity index (χ0v) is 14.0. The Morgan fingerprint density at radius 3 is 2.50 bits per heavy atom. The zero-order chi connectivity index (χ0) is 15.9. The highest BCUT2D eigenvalue weighted by molar-refractivity contribution is 9.11. The normalized spacial score (nSPS) is 21.3. The lowest BCUT2D eigenvalue weighted by Gasteiger charge is -2.22. The second-order valence-electron chi connectivity index (χ2n) is 5.16. The molecule has 22 heavy (non-hydrogen) atoms. The van der Waals surface area contributed by atoms with Gasteiger partial charge in [0.1, 0.15) is 11.4 Å². The molecule has 1 unspecified atom stereocenters. The number of rotatable bonds is 3. The molecule has 3 amide bonds. The van der Waals surface area contributed by atoms with Crippen molar-refractivity contribution < 1.29 is 14.0 Å². The first-order valence-electron chi connectivity index (χ1n) is 6.54. The maximum atomic E-state index is 13.1. The Hall–Kier alpha value is -1.73. The van der Waals surface area contributed by atoms with Crippen molar-refractivity contribution in [3.8, 4) is 0 Å². The van der Waals surface area contributed by atoms with Gasteiger partial charge in [-0.2, -0.15) is 0 Å². The molecule has 7 heteroatoms. The van der Waals surface area contributed by atoms with Crippen molar-refractivity contribution >= 4 is 39.2 Å². The third-order valence-corrected chi connectivity index (χ3v) is 5.25. The fraction of sp³-hybridized carbons (Fsp3) is 0.200. The highest BCUT2D eigenvalue weighted by Crippen LogP contribution is 2.31. The van der Waals surface area contributed by atoms with E-state index >= 15 is 0 Å². The molecule has 2 heterocycles. The Bertz CT molecular complexity index is 746. The minimum absolute atomic E-state index is 0.220. The summed E-state index contributed by atoms with van der Waals surface area (Å²) in [5.74, 6) is -0.724. The van der Waals surface area contributed by atoms with Crippen molar-refractivity contribution in [3.05, 3.63) is 56.4 Å². The maximum absolute atomic E-state index is 13.1. The molecule has 114 valence electrons. The van der Waals surface area contributed by atoms with Gasteiger partial charge >= 0.3 is 6.03 Å². The van der Waals surface area contributed by atoms with Gasteiger partial charge in [0.25, 0.3) is 5.91 Å². The van der Waals surface area contributed by atoms with E-state index in [-0.39, 0.29) is 18.3 Å². The molecular weight excluding hydrogens is 371 g/mol. The third kappa shape index (κ3) is 2.55. The molecule has 1 N–H and O–H groups in total. The van der Waals surface area contributed by atoms with Crippen molar-refractivity contribution in [1.82, 2.24) is 10.2 Å². The molecule has 0 radical (unpaired) electrons. The van der Waals surface area contributed by atoms with Gasteiger partial charge in [0, 0.05) is 4.88 Å². The van der Waals surface area contributed by atoms with E-state index in [1.54, 1.807) is 6.92 Å². The van der Waals surface area contributed by atoms with Crippen molar-refractivity contribution in [2.45, 2.75) is 19.0 Å². The van der Waals surface area contributed by atoms with Gasteiger partial charge in [-0.15, -0.1) is 11.3 Å². The van der Waals surface area contributed by atoms with Crippen LogP contribution >= 0.6 is 27.3 Å². The standard InChI is InChI=1S/C15H12BrFN2O2S/c1-15(9-2-4-10(17)5-3-9)13(20)19(14(21)18-15)8-11-6-7-12(16)22-11/h2-7H,8H2,1H3,(H,18,21). The molecule has 1 aliphatic rings. The number of nitrogens with zero attached hydrogens (tertiary/aromatic N) is 1. The van der Waals surface area contributed by atoms with E-state index in [9.17, 15) is 14.0 Å². The van der Waals surface area contributed by atoms with Crippen LogP contribution in [-0.2, 0) is 16.9 Å². The summed E-state index contributed by atoms with van der Waals surface area (Å²) in [5.41, 5.74) is -0.610. The second-order valence-corrected chi connectivity index (χ2v) is 7.71. The van der Waals surface area contributed by atoms with Gasteiger partial charge < -0.3 is 5.32 Å². The number of carbonyl (C=O) groups is 2. The van der Waals surface area contributed by atoms with Crippen LogP contribution < -0.4 is 5.32 Å². The van der Waals surface area contributed by atoms with Crippen LogP contribution in [0.2, 0.25) is 0 Å². The first kappa shape index (κ1) is 15.2. The van der Waals surface area contributed by atoms with Crippen LogP contribution in [0.5, 0.6) is 0 Å². The summed E-state index contributed by atoms with van der Waals surface area (Å²) in [6.07, 6.45) is 0. The van der Waals surface area contributed by atoms with Gasteiger partial charge in [-0.3, -0.25) is 9.69 Å². The Balaban J connectivity index is 1.88. The summed E-state index contributed by atoms with van der Waals surface area (Å²) in [5, 5.41) is 2.70. The predicted molar refractivity (Wildman–Crippen MR) is 84.9 cm³/mol. The Labute approximate surface area is 139 Å². The molecule has 0 bridgehead atoms. The van der Waals surface area contributed by atoms with Gasteiger partial charge in [-0.1, -0.05) is 12.1 Å². The lowest BCUT2D eigenvalue weighted by Crippen LogP contribution is -2.40. The number of carbonyl (C=O) groups excluding carboxylic acids is 2. The largest absolute Gasteiger partial charge is 0.325 e. The van der Waals surface area contributed by atoms with Gasteiger partial charge in [0.2, 0.25) is 0 Å². The summed E-state index contributed by atoms with van der Waals surface area (Å²) in [4.78, 5) is 26.9. The van der Waals surface area contributed by atoms with E-state index in [4.69, 9.17) is 0 Å². The fourth-order valence-electron chi connectivity index (χ4n) is 2.41. The van der Waals surface area contributed by atoms with Crippen molar-refractivity contribution in [2.24, 2.45) is 0 Å². The monoisotopic (exact) mass is 382 g/mol. The number of nitrogens with one attached hydrogen (secondary N) is 1. The highest BCUT2D eigenvalue weighted by atomic mass is 79.9. The first-order chi connectivity index (χ1) is 10.4. The average Bonchev–Trinajstić information content (AvgIpc) is 2.97. The van der Waals surface area contributed by atoms with Crippen LogP contribution in [0.3, 0.4) is 0 Å². The molecule has 1 atom stereocenters. The number of halogens is 2. The molecule has 1 aromatic carbocycles. The summed E-state index contributed by atoms with van der Waals surface area (Å²) in [7, 11) is 0. The quantitative estimate of drug-likeness (QED) is 0.824. The van der Waals surface area contributed by atoms with E-state index < -0.39 is 11.6 Å². The molecule has 0 saturated carbocycles. The summed E-state index contributed by atoms with van der Waals surface area (Å²) in [6, 6.07) is 8.87. The van der Waals surface area contributed by atoms with Crippen LogP contribution in [-0.4, -0.2) is 16.8 Å². The molecule has 0 spiro atoms. The van der Waals surface area contributed by atoms with Crippen LogP contribution in [0.4, 0.5) is 9.18 Å². The number of benzene rings is 1. The molecular formula is C15H12BrFN2O2S. The SMILES string of the molecule is CC1(c2ccc(F)cc2)NC(=O)N(Cc2ccc(Br)s2)C1=O. The van der Waals surface area contributed by atoms with Gasteiger partial charge in [0.05, 0.1) is 10.3 Å². The highest BCUT2D eigenvalue weighted by Gasteiger charge is 2.48. The number of imide groups is 1. The molecule has 1 fully saturated rings. The summed E-state index contributed by atoms with van der Waals surface area (Å²) < 4.78 is 14.0. The predicted octanol–water partition coefficient (Wildman–Crippen LogP) is 3.62. The molecule has 1 saturated heterocycles. The lowest BCUT2D eigenvalue weighted by molar-refractivity contribution is -0.131. The Morgan fingerprint density at radius 2 is 1.91 bits per heavy atom. The number of urea groups is 1. The van der Waals surface area contributed by atoms with E-state index in [1.807, 2.05) is 12.1 Å². The topological polar surface area (TPSA) is 49.4 Å². The summed E-state index contributed by atoms with van der Waals surface area (Å²) >= 11 is 4.83. The Kier molecular flexibility index (Phi) is 3.78. The van der Waals surface area contributed by atoms with E-state index in [0.717, 1.165) is 8.66 Å². The number of hydrogen-bond donors (Lipinski definition) is 1. The second kappa shape index (κ2) is 5.48. The zero-order valence-electron chi connectivity index (χ0n) is 11.6. The van der Waals surface area contributed by atoms with Crippen molar-refractivity contribution in [2.75, 3.05) is 0 Å². The minimum atomic E-state index is -1.17. The summed E-state index contributed by atoms with van der Waals surface area (Å²) in [6.45, 7) is 1.85. The number of hydrogen-bond acceptors (Lipinski definition) is 3. The third-order valence-electron chi connectivity index (χ3n) is 3.64. The van der Waals surface area contributed by atoms with E-state index in [0.29, 0.717) is 5.56 Å². The number of thiophene rings is 1. The molecule has 1 aromatic heterocycles. The van der Waals surface area contributed by atoms with Crippen molar-refractivity contribution in [3.63, 3.8) is 0 Å². The fourth-order valence-corrected chi connectivity index (χ4v) is 3.88. The van der Waals surface area contributed by atoms with Gasteiger partial charge in [0.15, 0.2) is 0 Å². The van der Waals surface area contributed by atoms with Crippen LogP contribution in [0.25, 0.3) is 0 Å². The first-order valence-corrected chi connectivity index (χ1v) is 8.15. The minimum Gasteiger partial charge on any atom is -0.319 e. The molecule has 2 aromatic rings. The molecule has 0 aliphatic carbocycles. The van der Waals surface area contributed by atoms with E-state index in [2.05, 4.69) is 21.2 Å². The molecule has 3 rings (SSSR count). The van der Waals surface area contributed by atoms with Crippen LogP contribution in [0, 0.1) is 5.82 Å². The smallest absolute Gasteiger partial charge is 0.319 e. The van der Waals surface area contributed by atoms with Gasteiger partial charge in [-0.05, 0) is 52.7 Å². The molecule has 1 aliphatic heterocycles.